The topological polar surface area (TPSA) is 78.1 Å². The van der Waals surface area contributed by atoms with Crippen LogP contribution in [0.25, 0.3) is 22.3 Å². The minimum Gasteiger partial charge on any atom is -0.507 e. The van der Waals surface area contributed by atoms with Crippen LogP contribution in [0.1, 0.15) is 52.0 Å². The molecule has 34 heavy (non-hydrogen) atoms. The first-order valence-corrected chi connectivity index (χ1v) is 11.9. The van der Waals surface area contributed by atoms with E-state index in [0.29, 0.717) is 52.4 Å². The van der Waals surface area contributed by atoms with Crippen molar-refractivity contribution in [1.82, 2.24) is 0 Å². The predicted octanol–water partition coefficient (Wildman–Crippen LogP) is 6.59. The Balaban J connectivity index is 2.11. The molecule has 1 aromatic heterocycles. The Kier molecular flexibility index (Phi) is 8.48. The van der Waals surface area contributed by atoms with Gasteiger partial charge < -0.3 is 23.7 Å². The van der Waals surface area contributed by atoms with E-state index in [0.717, 1.165) is 12.8 Å². The molecule has 2 aromatic carbocycles. The van der Waals surface area contributed by atoms with Gasteiger partial charge in [0.05, 0.1) is 26.9 Å². The van der Waals surface area contributed by atoms with Crippen LogP contribution in [0.5, 0.6) is 23.0 Å². The molecular formula is C28H36O6. The summed E-state index contributed by atoms with van der Waals surface area (Å²) in [4.78, 5) is 13.7. The standard InChI is InChI=1S/C28H36O6/c1-17(2)8-7-9-18(3)10-12-22-27(30)26-23(29)14-20(32-5)16-25(26)34-28(22)21-13-11-19(31-4)15-24(21)33-6/h11,13-18,29H,7-10,12H2,1-6H3. The van der Waals surface area contributed by atoms with Crippen LogP contribution in [0.4, 0.5) is 0 Å². The van der Waals surface area contributed by atoms with Crippen LogP contribution in [0.15, 0.2) is 39.5 Å². The molecule has 0 saturated heterocycles. The molecule has 1 heterocycles. The van der Waals surface area contributed by atoms with Crippen molar-refractivity contribution in [3.8, 4) is 34.3 Å². The van der Waals surface area contributed by atoms with Crippen LogP contribution < -0.4 is 19.6 Å². The number of methoxy groups -OCH3 is 3. The lowest BCUT2D eigenvalue weighted by molar-refractivity contribution is 0.394. The molecule has 0 amide bonds. The van der Waals surface area contributed by atoms with Gasteiger partial charge in [-0.05, 0) is 36.8 Å². The first-order chi connectivity index (χ1) is 16.3. The molecule has 0 aliphatic rings. The number of benzene rings is 2. The van der Waals surface area contributed by atoms with Gasteiger partial charge in [0, 0.05) is 23.8 Å². The van der Waals surface area contributed by atoms with Gasteiger partial charge in [0.15, 0.2) is 5.43 Å². The molecule has 1 unspecified atom stereocenters. The number of fused-ring (bicyclic) bond motifs is 1. The van der Waals surface area contributed by atoms with Gasteiger partial charge in [0.2, 0.25) is 0 Å². The van der Waals surface area contributed by atoms with E-state index in [-0.39, 0.29) is 22.1 Å². The Hall–Kier alpha value is -3.15. The molecule has 6 heteroatoms. The number of phenols is 1. The van der Waals surface area contributed by atoms with Crippen LogP contribution in [0.3, 0.4) is 0 Å². The lowest BCUT2D eigenvalue weighted by Crippen LogP contribution is -2.13. The van der Waals surface area contributed by atoms with Crippen LogP contribution >= 0.6 is 0 Å². The highest BCUT2D eigenvalue weighted by atomic mass is 16.5. The zero-order valence-corrected chi connectivity index (χ0v) is 21.1. The first kappa shape index (κ1) is 25.5. The zero-order valence-electron chi connectivity index (χ0n) is 21.1. The third kappa shape index (κ3) is 5.66. The summed E-state index contributed by atoms with van der Waals surface area (Å²) in [6.45, 7) is 6.70. The number of ether oxygens (including phenoxy) is 3. The van der Waals surface area contributed by atoms with Crippen molar-refractivity contribution in [3.05, 3.63) is 46.1 Å². The molecule has 3 aromatic rings. The Bertz CT molecular complexity index is 1180. The monoisotopic (exact) mass is 468 g/mol. The molecule has 1 atom stereocenters. The van der Waals surface area contributed by atoms with Crippen molar-refractivity contribution in [2.24, 2.45) is 11.8 Å². The van der Waals surface area contributed by atoms with E-state index in [1.54, 1.807) is 26.4 Å². The second kappa shape index (κ2) is 11.3. The second-order valence-corrected chi connectivity index (χ2v) is 9.29. The number of hydrogen-bond donors (Lipinski definition) is 1. The van der Waals surface area contributed by atoms with Gasteiger partial charge in [0.25, 0.3) is 0 Å². The fourth-order valence-corrected chi connectivity index (χ4v) is 4.27. The summed E-state index contributed by atoms with van der Waals surface area (Å²) in [5.41, 5.74) is 1.23. The Labute approximate surface area is 201 Å². The zero-order chi connectivity index (χ0) is 24.8. The van der Waals surface area contributed by atoms with Gasteiger partial charge in [0.1, 0.15) is 39.7 Å². The summed E-state index contributed by atoms with van der Waals surface area (Å²) in [5.74, 6) is 3.04. The summed E-state index contributed by atoms with van der Waals surface area (Å²) < 4.78 is 22.5. The van der Waals surface area contributed by atoms with E-state index >= 15 is 0 Å². The lowest BCUT2D eigenvalue weighted by atomic mass is 9.92. The molecule has 1 N–H and O–H groups in total. The third-order valence-electron chi connectivity index (χ3n) is 6.30. The molecule has 3 rings (SSSR count). The minimum absolute atomic E-state index is 0.150. The number of phenolic OH excluding ortho intramolecular Hbond substituents is 1. The molecule has 0 aliphatic heterocycles. The van der Waals surface area contributed by atoms with Gasteiger partial charge in [-0.15, -0.1) is 0 Å². The summed E-state index contributed by atoms with van der Waals surface area (Å²) in [7, 11) is 4.66. The summed E-state index contributed by atoms with van der Waals surface area (Å²) in [6.07, 6.45) is 4.87. The lowest BCUT2D eigenvalue weighted by Gasteiger charge is -2.16. The highest BCUT2D eigenvalue weighted by Crippen LogP contribution is 2.38. The third-order valence-corrected chi connectivity index (χ3v) is 6.30. The molecule has 0 spiro atoms. The highest BCUT2D eigenvalue weighted by Gasteiger charge is 2.22. The molecule has 0 radical (unpaired) electrons. The van der Waals surface area contributed by atoms with E-state index in [1.807, 2.05) is 12.1 Å². The van der Waals surface area contributed by atoms with E-state index in [1.165, 1.54) is 26.0 Å². The quantitative estimate of drug-likeness (QED) is 0.342. The van der Waals surface area contributed by atoms with Crippen molar-refractivity contribution >= 4 is 11.0 Å². The normalized spacial score (nSPS) is 12.2. The molecule has 6 nitrogen and oxygen atoms in total. The molecule has 0 bridgehead atoms. The van der Waals surface area contributed by atoms with Crippen molar-refractivity contribution < 1.29 is 23.7 Å². The molecule has 0 fully saturated rings. The van der Waals surface area contributed by atoms with Gasteiger partial charge in [-0.25, -0.2) is 0 Å². The number of rotatable bonds is 11. The molecular weight excluding hydrogens is 432 g/mol. The van der Waals surface area contributed by atoms with E-state index in [2.05, 4.69) is 20.8 Å². The summed E-state index contributed by atoms with van der Waals surface area (Å²) in [6, 6.07) is 8.46. The van der Waals surface area contributed by atoms with Crippen molar-refractivity contribution in [2.75, 3.05) is 21.3 Å². The van der Waals surface area contributed by atoms with Gasteiger partial charge in [-0.1, -0.05) is 40.0 Å². The second-order valence-electron chi connectivity index (χ2n) is 9.29. The maximum atomic E-state index is 13.7. The Morgan fingerprint density at radius 2 is 1.65 bits per heavy atom. The van der Waals surface area contributed by atoms with E-state index < -0.39 is 0 Å². The smallest absolute Gasteiger partial charge is 0.200 e. The van der Waals surface area contributed by atoms with Crippen molar-refractivity contribution in [3.63, 3.8) is 0 Å². The summed E-state index contributed by atoms with van der Waals surface area (Å²) in [5, 5.41) is 10.7. The maximum Gasteiger partial charge on any atom is 0.200 e. The number of aromatic hydroxyl groups is 1. The average molecular weight is 469 g/mol. The Morgan fingerprint density at radius 1 is 0.912 bits per heavy atom. The fraction of sp³-hybridized carbons (Fsp3) is 0.464. The highest BCUT2D eigenvalue weighted by molar-refractivity contribution is 5.88. The van der Waals surface area contributed by atoms with Crippen molar-refractivity contribution in [2.45, 2.75) is 52.9 Å². The Morgan fingerprint density at radius 3 is 2.29 bits per heavy atom. The average Bonchev–Trinajstić information content (AvgIpc) is 2.82. The molecule has 184 valence electrons. The van der Waals surface area contributed by atoms with Gasteiger partial charge in [-0.2, -0.15) is 0 Å². The van der Waals surface area contributed by atoms with E-state index in [4.69, 9.17) is 18.6 Å². The van der Waals surface area contributed by atoms with Crippen LogP contribution in [-0.4, -0.2) is 26.4 Å². The number of hydrogen-bond acceptors (Lipinski definition) is 6. The van der Waals surface area contributed by atoms with Crippen LogP contribution in [0.2, 0.25) is 0 Å². The SMILES string of the molecule is COc1ccc(-c2oc3cc(OC)cc(O)c3c(=O)c2CCC(C)CCCC(C)C)c(OC)c1. The minimum atomic E-state index is -0.233. The van der Waals surface area contributed by atoms with Crippen LogP contribution in [0, 0.1) is 11.8 Å². The van der Waals surface area contributed by atoms with Crippen LogP contribution in [-0.2, 0) is 6.42 Å². The van der Waals surface area contributed by atoms with Crippen molar-refractivity contribution in [1.29, 1.82) is 0 Å². The largest absolute Gasteiger partial charge is 0.507 e. The first-order valence-electron chi connectivity index (χ1n) is 11.9. The van der Waals surface area contributed by atoms with Gasteiger partial charge in [-0.3, -0.25) is 4.79 Å². The summed E-state index contributed by atoms with van der Waals surface area (Å²) >= 11 is 0. The van der Waals surface area contributed by atoms with Gasteiger partial charge >= 0.3 is 0 Å². The molecule has 0 aliphatic carbocycles. The molecule has 0 saturated carbocycles. The fourth-order valence-electron chi connectivity index (χ4n) is 4.27. The maximum absolute atomic E-state index is 13.7. The van der Waals surface area contributed by atoms with E-state index in [9.17, 15) is 9.90 Å². The predicted molar refractivity (Wildman–Crippen MR) is 135 cm³/mol.